The van der Waals surface area contributed by atoms with Gasteiger partial charge in [0.25, 0.3) is 5.91 Å². The molecule has 1 aromatic heterocycles. The number of thiophene rings is 1. The maximum Gasteiger partial charge on any atom is 0.306 e. The molecule has 7 heteroatoms. The first-order valence-corrected chi connectivity index (χ1v) is 8.66. The largest absolute Gasteiger partial charge is 0.495 e. The SMILES string of the molecule is COc1ccc(Cl)cc1NC(=O)[C@H](C)OC(=O)CCc1ccsc1. The van der Waals surface area contributed by atoms with E-state index in [1.165, 1.54) is 14.0 Å². The van der Waals surface area contributed by atoms with E-state index in [0.717, 1.165) is 5.56 Å². The van der Waals surface area contributed by atoms with Crippen LogP contribution in [0.15, 0.2) is 35.0 Å². The zero-order chi connectivity index (χ0) is 17.5. The highest BCUT2D eigenvalue weighted by atomic mass is 35.5. The van der Waals surface area contributed by atoms with Gasteiger partial charge in [-0.1, -0.05) is 11.6 Å². The first-order chi connectivity index (χ1) is 11.5. The summed E-state index contributed by atoms with van der Waals surface area (Å²) in [6, 6.07) is 6.84. The summed E-state index contributed by atoms with van der Waals surface area (Å²) < 4.78 is 10.3. The van der Waals surface area contributed by atoms with Crippen molar-refractivity contribution >= 4 is 40.5 Å². The smallest absolute Gasteiger partial charge is 0.306 e. The molecule has 0 aliphatic heterocycles. The first-order valence-electron chi connectivity index (χ1n) is 7.34. The van der Waals surface area contributed by atoms with Gasteiger partial charge < -0.3 is 14.8 Å². The molecule has 2 rings (SSSR count). The lowest BCUT2D eigenvalue weighted by atomic mass is 10.2. The van der Waals surface area contributed by atoms with Crippen LogP contribution in [0.25, 0.3) is 0 Å². The third kappa shape index (κ3) is 5.25. The third-order valence-electron chi connectivity index (χ3n) is 3.29. The summed E-state index contributed by atoms with van der Waals surface area (Å²) in [5, 5.41) is 7.05. The van der Waals surface area contributed by atoms with Crippen LogP contribution in [0, 0.1) is 0 Å². The van der Waals surface area contributed by atoms with E-state index in [9.17, 15) is 9.59 Å². The number of rotatable bonds is 7. The molecule has 1 atom stereocenters. The van der Waals surface area contributed by atoms with E-state index in [-0.39, 0.29) is 6.42 Å². The fourth-order valence-electron chi connectivity index (χ4n) is 2.00. The number of carbonyl (C=O) groups is 2. The van der Waals surface area contributed by atoms with Crippen molar-refractivity contribution in [3.8, 4) is 5.75 Å². The van der Waals surface area contributed by atoms with Gasteiger partial charge in [0.05, 0.1) is 12.8 Å². The van der Waals surface area contributed by atoms with Crippen molar-refractivity contribution in [1.82, 2.24) is 0 Å². The van der Waals surface area contributed by atoms with Crippen molar-refractivity contribution in [3.05, 3.63) is 45.6 Å². The minimum absolute atomic E-state index is 0.231. The van der Waals surface area contributed by atoms with Crippen LogP contribution in [0.5, 0.6) is 5.75 Å². The third-order valence-corrected chi connectivity index (χ3v) is 4.26. The van der Waals surface area contributed by atoms with E-state index < -0.39 is 18.0 Å². The molecule has 24 heavy (non-hydrogen) atoms. The van der Waals surface area contributed by atoms with Crippen molar-refractivity contribution in [2.45, 2.75) is 25.9 Å². The molecule has 1 N–H and O–H groups in total. The maximum atomic E-state index is 12.2. The second-order valence-corrected chi connectivity index (χ2v) is 6.31. The number of nitrogens with one attached hydrogen (secondary N) is 1. The van der Waals surface area contributed by atoms with E-state index in [4.69, 9.17) is 21.1 Å². The fraction of sp³-hybridized carbons (Fsp3) is 0.294. The van der Waals surface area contributed by atoms with Crippen LogP contribution in [-0.2, 0) is 20.7 Å². The van der Waals surface area contributed by atoms with Gasteiger partial charge >= 0.3 is 5.97 Å². The number of benzene rings is 1. The number of amides is 1. The standard InChI is InChI=1S/C17H18ClNO4S/c1-11(23-16(20)6-3-12-7-8-24-10-12)17(21)19-14-9-13(18)4-5-15(14)22-2/h4-5,7-11H,3,6H2,1-2H3,(H,19,21)/t11-/m0/s1. The predicted octanol–water partition coefficient (Wildman–Crippen LogP) is 3.91. The second-order valence-electron chi connectivity index (χ2n) is 5.10. The van der Waals surface area contributed by atoms with Gasteiger partial charge in [-0.15, -0.1) is 0 Å². The molecule has 0 radical (unpaired) electrons. The molecule has 1 heterocycles. The summed E-state index contributed by atoms with van der Waals surface area (Å²) in [5.41, 5.74) is 1.51. The molecule has 0 fully saturated rings. The Bertz CT molecular complexity index is 703. The topological polar surface area (TPSA) is 64.6 Å². The maximum absolute atomic E-state index is 12.2. The van der Waals surface area contributed by atoms with E-state index >= 15 is 0 Å². The zero-order valence-electron chi connectivity index (χ0n) is 13.4. The molecular formula is C17H18ClNO4S. The minimum atomic E-state index is -0.913. The molecule has 0 unspecified atom stereocenters. The van der Waals surface area contributed by atoms with Crippen molar-refractivity contribution in [2.75, 3.05) is 12.4 Å². The average molecular weight is 368 g/mol. The van der Waals surface area contributed by atoms with Gasteiger partial charge in [-0.3, -0.25) is 9.59 Å². The van der Waals surface area contributed by atoms with Gasteiger partial charge in [-0.2, -0.15) is 11.3 Å². The summed E-state index contributed by atoms with van der Waals surface area (Å²) >= 11 is 7.50. The van der Waals surface area contributed by atoms with Crippen molar-refractivity contribution in [1.29, 1.82) is 0 Å². The summed E-state index contributed by atoms with van der Waals surface area (Å²) in [6.45, 7) is 1.52. The van der Waals surface area contributed by atoms with Crippen LogP contribution in [0.3, 0.4) is 0 Å². The Kier molecular flexibility index (Phi) is 6.63. The lowest BCUT2D eigenvalue weighted by molar-refractivity contribution is -0.153. The van der Waals surface area contributed by atoms with Crippen LogP contribution < -0.4 is 10.1 Å². The van der Waals surface area contributed by atoms with E-state index in [1.807, 2.05) is 16.8 Å². The minimum Gasteiger partial charge on any atom is -0.495 e. The molecule has 128 valence electrons. The molecule has 0 spiro atoms. The Balaban J connectivity index is 1.87. The average Bonchev–Trinajstić information content (AvgIpc) is 3.06. The van der Waals surface area contributed by atoms with Crippen LogP contribution in [0.1, 0.15) is 18.9 Å². The van der Waals surface area contributed by atoms with E-state index in [0.29, 0.717) is 22.9 Å². The van der Waals surface area contributed by atoms with Crippen molar-refractivity contribution in [3.63, 3.8) is 0 Å². The van der Waals surface area contributed by atoms with Gasteiger partial charge in [0.15, 0.2) is 6.10 Å². The van der Waals surface area contributed by atoms with E-state index in [2.05, 4.69) is 5.32 Å². The van der Waals surface area contributed by atoms with E-state index in [1.54, 1.807) is 29.5 Å². The summed E-state index contributed by atoms with van der Waals surface area (Å²) in [7, 11) is 1.49. The molecule has 5 nitrogen and oxygen atoms in total. The molecule has 1 amide bonds. The van der Waals surface area contributed by atoms with Crippen LogP contribution >= 0.6 is 22.9 Å². The number of aryl methyl sites for hydroxylation is 1. The summed E-state index contributed by atoms with van der Waals surface area (Å²) in [5.74, 6) is -0.384. The number of hydrogen-bond acceptors (Lipinski definition) is 5. The number of halogens is 1. The van der Waals surface area contributed by atoms with Gasteiger partial charge in [0, 0.05) is 11.4 Å². The fourth-order valence-corrected chi connectivity index (χ4v) is 2.88. The molecular weight excluding hydrogens is 350 g/mol. The molecule has 0 aliphatic carbocycles. The Morgan fingerprint density at radius 1 is 1.33 bits per heavy atom. The van der Waals surface area contributed by atoms with Crippen LogP contribution in [0.4, 0.5) is 5.69 Å². The summed E-state index contributed by atoms with van der Waals surface area (Å²) in [4.78, 5) is 24.0. The molecule has 0 bridgehead atoms. The number of hydrogen-bond donors (Lipinski definition) is 1. The monoisotopic (exact) mass is 367 g/mol. The highest BCUT2D eigenvalue weighted by molar-refractivity contribution is 7.07. The van der Waals surface area contributed by atoms with Gasteiger partial charge in [0.2, 0.25) is 0 Å². The quantitative estimate of drug-likeness (QED) is 0.753. The Hall–Kier alpha value is -2.05. The normalized spacial score (nSPS) is 11.6. The number of ether oxygens (including phenoxy) is 2. The Labute approximate surface area is 149 Å². The predicted molar refractivity (Wildman–Crippen MR) is 94.8 cm³/mol. The zero-order valence-corrected chi connectivity index (χ0v) is 14.9. The Morgan fingerprint density at radius 3 is 2.79 bits per heavy atom. The van der Waals surface area contributed by atoms with Crippen molar-refractivity contribution < 1.29 is 19.1 Å². The molecule has 0 saturated heterocycles. The van der Waals surface area contributed by atoms with Gasteiger partial charge in [-0.05, 0) is 53.9 Å². The van der Waals surface area contributed by atoms with Gasteiger partial charge in [-0.25, -0.2) is 0 Å². The first kappa shape index (κ1) is 18.3. The number of esters is 1. The molecule has 2 aromatic rings. The number of methoxy groups -OCH3 is 1. The summed E-state index contributed by atoms with van der Waals surface area (Å²) in [6.07, 6.45) is -0.0863. The van der Waals surface area contributed by atoms with Crippen molar-refractivity contribution in [2.24, 2.45) is 0 Å². The highest BCUT2D eigenvalue weighted by Crippen LogP contribution is 2.27. The van der Waals surface area contributed by atoms with Gasteiger partial charge in [0.1, 0.15) is 5.75 Å². The molecule has 0 saturated carbocycles. The molecule has 1 aromatic carbocycles. The second kappa shape index (κ2) is 8.70. The van der Waals surface area contributed by atoms with Crippen LogP contribution in [0.2, 0.25) is 5.02 Å². The highest BCUT2D eigenvalue weighted by Gasteiger charge is 2.19. The lowest BCUT2D eigenvalue weighted by Crippen LogP contribution is -2.30. The lowest BCUT2D eigenvalue weighted by Gasteiger charge is -2.15. The van der Waals surface area contributed by atoms with Crippen LogP contribution in [-0.4, -0.2) is 25.1 Å². The molecule has 0 aliphatic rings. The number of carbonyl (C=O) groups excluding carboxylic acids is 2. The Morgan fingerprint density at radius 2 is 2.12 bits per heavy atom. The number of anilines is 1.